The number of benzene rings is 2. The van der Waals surface area contributed by atoms with Gasteiger partial charge in [0.2, 0.25) is 5.91 Å². The Kier molecular flexibility index (Phi) is 6.76. The number of anilines is 1. The van der Waals surface area contributed by atoms with Crippen LogP contribution in [0, 0.1) is 5.82 Å². The zero-order valence-electron chi connectivity index (χ0n) is 16.6. The van der Waals surface area contributed by atoms with Gasteiger partial charge in [-0.15, -0.1) is 6.58 Å². The van der Waals surface area contributed by atoms with Crippen molar-refractivity contribution in [3.8, 4) is 11.5 Å². The van der Waals surface area contributed by atoms with Crippen LogP contribution >= 0.6 is 11.8 Å². The van der Waals surface area contributed by atoms with E-state index in [2.05, 4.69) is 11.9 Å². The SMILES string of the molecule is C=CCc1cc(/C=C2\SC(=O)N(CC(=O)Nc3ccccc3F)C2=O)cc(OC)c1O. The number of methoxy groups -OCH3 is 1. The number of halogens is 1. The van der Waals surface area contributed by atoms with E-state index in [1.165, 1.54) is 37.5 Å². The molecule has 3 amide bonds. The number of hydrogen-bond acceptors (Lipinski definition) is 6. The molecule has 2 N–H and O–H groups in total. The number of para-hydroxylation sites is 1. The molecule has 1 aliphatic rings. The lowest BCUT2D eigenvalue weighted by atomic mass is 10.1. The monoisotopic (exact) mass is 442 g/mol. The maximum absolute atomic E-state index is 13.7. The first-order valence-electron chi connectivity index (χ1n) is 9.14. The number of ether oxygens (including phenoxy) is 1. The molecule has 160 valence electrons. The van der Waals surface area contributed by atoms with Crippen molar-refractivity contribution in [3.63, 3.8) is 0 Å². The van der Waals surface area contributed by atoms with Crippen LogP contribution in [0.4, 0.5) is 14.9 Å². The van der Waals surface area contributed by atoms with Crippen LogP contribution in [0.15, 0.2) is 54.0 Å². The molecular weight excluding hydrogens is 423 g/mol. The minimum Gasteiger partial charge on any atom is -0.504 e. The number of nitrogens with zero attached hydrogens (tertiary/aromatic N) is 1. The Morgan fingerprint density at radius 1 is 1.32 bits per heavy atom. The van der Waals surface area contributed by atoms with Crippen molar-refractivity contribution < 1.29 is 28.6 Å². The van der Waals surface area contributed by atoms with E-state index >= 15 is 0 Å². The lowest BCUT2D eigenvalue weighted by Crippen LogP contribution is -2.36. The van der Waals surface area contributed by atoms with Gasteiger partial charge in [-0.2, -0.15) is 0 Å². The Morgan fingerprint density at radius 3 is 2.74 bits per heavy atom. The number of thioether (sulfide) groups is 1. The lowest BCUT2D eigenvalue weighted by Gasteiger charge is -2.13. The second kappa shape index (κ2) is 9.48. The van der Waals surface area contributed by atoms with Gasteiger partial charge in [-0.1, -0.05) is 18.2 Å². The van der Waals surface area contributed by atoms with Crippen molar-refractivity contribution in [2.75, 3.05) is 19.0 Å². The predicted molar refractivity (Wildman–Crippen MR) is 116 cm³/mol. The van der Waals surface area contributed by atoms with E-state index < -0.39 is 29.4 Å². The summed E-state index contributed by atoms with van der Waals surface area (Å²) < 4.78 is 18.8. The summed E-state index contributed by atoms with van der Waals surface area (Å²) in [5.41, 5.74) is 1.04. The first-order chi connectivity index (χ1) is 14.8. The van der Waals surface area contributed by atoms with Crippen LogP contribution in [0.25, 0.3) is 6.08 Å². The van der Waals surface area contributed by atoms with Gasteiger partial charge < -0.3 is 15.2 Å². The maximum Gasteiger partial charge on any atom is 0.294 e. The van der Waals surface area contributed by atoms with Gasteiger partial charge in [0.25, 0.3) is 11.1 Å². The summed E-state index contributed by atoms with van der Waals surface area (Å²) in [6.45, 7) is 3.10. The van der Waals surface area contributed by atoms with Gasteiger partial charge in [0.05, 0.1) is 17.7 Å². The van der Waals surface area contributed by atoms with Gasteiger partial charge in [0, 0.05) is 5.56 Å². The van der Waals surface area contributed by atoms with Gasteiger partial charge in [-0.3, -0.25) is 19.3 Å². The number of imide groups is 1. The number of carbonyl (C=O) groups is 3. The first-order valence-corrected chi connectivity index (χ1v) is 9.96. The third-order valence-electron chi connectivity index (χ3n) is 4.38. The number of nitrogens with one attached hydrogen (secondary N) is 1. The molecule has 1 aliphatic heterocycles. The van der Waals surface area contributed by atoms with Crippen LogP contribution in [-0.4, -0.2) is 40.7 Å². The van der Waals surface area contributed by atoms with Crippen molar-refractivity contribution in [1.82, 2.24) is 4.90 Å². The van der Waals surface area contributed by atoms with Gasteiger partial charge in [0.15, 0.2) is 11.5 Å². The molecule has 2 aromatic rings. The van der Waals surface area contributed by atoms with Gasteiger partial charge in [0.1, 0.15) is 12.4 Å². The van der Waals surface area contributed by atoms with E-state index in [1.807, 2.05) is 0 Å². The highest BCUT2D eigenvalue weighted by atomic mass is 32.2. The van der Waals surface area contributed by atoms with E-state index in [1.54, 1.807) is 18.2 Å². The third-order valence-corrected chi connectivity index (χ3v) is 5.29. The molecule has 0 unspecified atom stereocenters. The number of aromatic hydroxyl groups is 1. The fraction of sp³-hybridized carbons (Fsp3) is 0.136. The molecule has 0 aromatic heterocycles. The molecule has 9 heteroatoms. The molecule has 7 nitrogen and oxygen atoms in total. The van der Waals surface area contributed by atoms with Crippen molar-refractivity contribution in [2.24, 2.45) is 0 Å². The molecule has 0 radical (unpaired) electrons. The normalized spacial score (nSPS) is 14.8. The molecule has 1 fully saturated rings. The van der Waals surface area contributed by atoms with Crippen molar-refractivity contribution in [2.45, 2.75) is 6.42 Å². The number of phenols is 1. The smallest absolute Gasteiger partial charge is 0.294 e. The lowest BCUT2D eigenvalue weighted by molar-refractivity contribution is -0.127. The van der Waals surface area contributed by atoms with Crippen LogP contribution in [-0.2, 0) is 16.0 Å². The molecule has 3 rings (SSSR count). The van der Waals surface area contributed by atoms with E-state index in [0.29, 0.717) is 29.3 Å². The average molecular weight is 442 g/mol. The second-order valence-corrected chi connectivity index (χ2v) is 7.51. The topological polar surface area (TPSA) is 95.9 Å². The summed E-state index contributed by atoms with van der Waals surface area (Å²) in [6.07, 6.45) is 3.47. The summed E-state index contributed by atoms with van der Waals surface area (Å²) in [4.78, 5) is 38.1. The van der Waals surface area contributed by atoms with E-state index in [-0.39, 0.29) is 22.1 Å². The van der Waals surface area contributed by atoms with Crippen LogP contribution in [0.2, 0.25) is 0 Å². The number of phenolic OH excluding ortho intramolecular Hbond substituents is 1. The Hall–Kier alpha value is -3.59. The predicted octanol–water partition coefficient (Wildman–Crippen LogP) is 3.94. The Bertz CT molecular complexity index is 1100. The summed E-state index contributed by atoms with van der Waals surface area (Å²) in [7, 11) is 1.40. The molecule has 1 saturated heterocycles. The molecule has 1 heterocycles. The van der Waals surface area contributed by atoms with Crippen LogP contribution in [0.5, 0.6) is 11.5 Å². The van der Waals surface area contributed by atoms with Gasteiger partial charge in [-0.25, -0.2) is 4.39 Å². The highest BCUT2D eigenvalue weighted by molar-refractivity contribution is 8.18. The average Bonchev–Trinajstić information content (AvgIpc) is 2.99. The van der Waals surface area contributed by atoms with E-state index in [0.717, 1.165) is 4.90 Å². The molecular formula is C22H19FN2O5S. The number of amides is 3. The minimum absolute atomic E-state index is 0.0301. The van der Waals surface area contributed by atoms with Crippen molar-refractivity contribution in [1.29, 1.82) is 0 Å². The second-order valence-electron chi connectivity index (χ2n) is 6.52. The van der Waals surface area contributed by atoms with Crippen LogP contribution in [0.3, 0.4) is 0 Å². The summed E-state index contributed by atoms with van der Waals surface area (Å²) in [6, 6.07) is 8.77. The Balaban J connectivity index is 1.79. The molecule has 2 aromatic carbocycles. The molecule has 0 bridgehead atoms. The summed E-state index contributed by atoms with van der Waals surface area (Å²) >= 11 is 0.686. The minimum atomic E-state index is -0.701. The molecule has 0 saturated carbocycles. The maximum atomic E-state index is 13.7. The molecule has 0 atom stereocenters. The Labute approximate surface area is 182 Å². The number of carbonyl (C=O) groups excluding carboxylic acids is 3. The highest BCUT2D eigenvalue weighted by Gasteiger charge is 2.36. The number of allylic oxidation sites excluding steroid dienone is 1. The largest absolute Gasteiger partial charge is 0.504 e. The summed E-state index contributed by atoms with van der Waals surface area (Å²) in [5, 5.41) is 11.9. The van der Waals surface area contributed by atoms with Crippen LogP contribution < -0.4 is 10.1 Å². The third kappa shape index (κ3) is 4.95. The highest BCUT2D eigenvalue weighted by Crippen LogP contribution is 2.36. The zero-order valence-corrected chi connectivity index (χ0v) is 17.4. The molecule has 0 aliphatic carbocycles. The standard InChI is InChI=1S/C22H19FN2O5S/c1-3-6-14-9-13(10-17(30-2)20(14)27)11-18-21(28)25(22(29)31-18)12-19(26)24-16-8-5-4-7-15(16)23/h3-5,7-11,27H,1,6,12H2,2H3,(H,24,26)/b18-11-. The molecule has 0 spiro atoms. The van der Waals surface area contributed by atoms with E-state index in [9.17, 15) is 23.9 Å². The zero-order chi connectivity index (χ0) is 22.5. The molecule has 31 heavy (non-hydrogen) atoms. The fourth-order valence-corrected chi connectivity index (χ4v) is 3.76. The summed E-state index contributed by atoms with van der Waals surface area (Å²) in [5.74, 6) is -1.78. The van der Waals surface area contributed by atoms with Gasteiger partial charge in [-0.05, 0) is 54.1 Å². The Morgan fingerprint density at radius 2 is 2.06 bits per heavy atom. The van der Waals surface area contributed by atoms with E-state index in [4.69, 9.17) is 4.74 Å². The van der Waals surface area contributed by atoms with Gasteiger partial charge >= 0.3 is 0 Å². The van der Waals surface area contributed by atoms with Crippen molar-refractivity contribution >= 4 is 40.6 Å². The number of hydrogen-bond donors (Lipinski definition) is 2. The number of rotatable bonds is 7. The first kappa shape index (κ1) is 22.1. The quantitative estimate of drug-likeness (QED) is 0.498. The van der Waals surface area contributed by atoms with Crippen molar-refractivity contribution in [3.05, 3.63) is 70.9 Å². The fourth-order valence-electron chi connectivity index (χ4n) is 2.92. The van der Waals surface area contributed by atoms with Crippen LogP contribution in [0.1, 0.15) is 11.1 Å².